The molecule has 1 fully saturated rings. The van der Waals surface area contributed by atoms with Gasteiger partial charge in [0.05, 0.1) is 16.2 Å². The summed E-state index contributed by atoms with van der Waals surface area (Å²) in [5.41, 5.74) is 1.55. The number of pyridine rings is 1. The maximum atomic E-state index is 13.0. The second-order valence-corrected chi connectivity index (χ2v) is 10.4. The lowest BCUT2D eigenvalue weighted by Gasteiger charge is -2.30. The molecular weight excluding hydrogens is 442 g/mol. The molecule has 2 heterocycles. The van der Waals surface area contributed by atoms with Crippen LogP contribution in [0, 0.1) is 6.92 Å². The number of esters is 1. The van der Waals surface area contributed by atoms with Gasteiger partial charge < -0.3 is 4.74 Å². The van der Waals surface area contributed by atoms with E-state index < -0.39 is 16.0 Å². The lowest BCUT2D eigenvalue weighted by atomic mass is 9.96. The van der Waals surface area contributed by atoms with Crippen LogP contribution < -0.4 is 5.56 Å². The molecule has 0 spiro atoms. The second-order valence-electron chi connectivity index (χ2n) is 8.36. The predicted molar refractivity (Wildman–Crippen MR) is 124 cm³/mol. The van der Waals surface area contributed by atoms with E-state index in [0.717, 1.165) is 37.8 Å². The first-order valence-electron chi connectivity index (χ1n) is 11.0. The summed E-state index contributed by atoms with van der Waals surface area (Å²) in [6, 6.07) is 12.4. The fourth-order valence-electron chi connectivity index (χ4n) is 4.23. The molecule has 1 saturated carbocycles. The summed E-state index contributed by atoms with van der Waals surface area (Å²) in [5, 5.41) is 0. The Balaban J connectivity index is 1.44. The molecule has 9 heteroatoms. The van der Waals surface area contributed by atoms with E-state index in [1.807, 2.05) is 13.0 Å². The minimum Gasteiger partial charge on any atom is -0.456 e. The lowest BCUT2D eigenvalue weighted by Crippen LogP contribution is -2.38. The van der Waals surface area contributed by atoms with Crippen molar-refractivity contribution in [1.29, 1.82) is 0 Å². The summed E-state index contributed by atoms with van der Waals surface area (Å²) in [4.78, 5) is 29.3. The van der Waals surface area contributed by atoms with Crippen molar-refractivity contribution >= 4 is 21.6 Å². The number of benzene rings is 1. The zero-order chi connectivity index (χ0) is 23.6. The number of carbonyl (C=O) groups excluding carboxylic acids is 1. The van der Waals surface area contributed by atoms with Crippen molar-refractivity contribution in [2.24, 2.45) is 0 Å². The van der Waals surface area contributed by atoms with E-state index in [-0.39, 0.29) is 28.7 Å². The van der Waals surface area contributed by atoms with Gasteiger partial charge in [-0.1, -0.05) is 25.3 Å². The molecule has 2 aromatic heterocycles. The van der Waals surface area contributed by atoms with Gasteiger partial charge in [0.1, 0.15) is 12.3 Å². The molecule has 0 radical (unpaired) electrons. The summed E-state index contributed by atoms with van der Waals surface area (Å²) in [6.07, 6.45) is 4.95. The monoisotopic (exact) mass is 469 g/mol. The molecule has 4 rings (SSSR count). The Bertz CT molecular complexity index is 1330. The first kappa shape index (κ1) is 23.1. The number of hydrogen-bond acceptors (Lipinski definition) is 6. The van der Waals surface area contributed by atoms with Crippen molar-refractivity contribution in [1.82, 2.24) is 13.7 Å². The predicted octanol–water partition coefficient (Wildman–Crippen LogP) is 3.31. The van der Waals surface area contributed by atoms with Gasteiger partial charge in [0.15, 0.2) is 0 Å². The van der Waals surface area contributed by atoms with Crippen LogP contribution in [0.15, 0.2) is 58.2 Å². The van der Waals surface area contributed by atoms with E-state index in [9.17, 15) is 18.0 Å². The Morgan fingerprint density at radius 1 is 1.12 bits per heavy atom. The first-order chi connectivity index (χ1) is 15.8. The minimum absolute atomic E-state index is 0.00991. The highest BCUT2D eigenvalue weighted by Crippen LogP contribution is 2.26. The summed E-state index contributed by atoms with van der Waals surface area (Å²) >= 11 is 0. The quantitative estimate of drug-likeness (QED) is 0.514. The van der Waals surface area contributed by atoms with Crippen LogP contribution in [0.1, 0.15) is 53.8 Å². The first-order valence-corrected chi connectivity index (χ1v) is 12.4. The number of nitrogens with zero attached hydrogens (tertiary/aromatic N) is 3. The molecule has 0 N–H and O–H groups in total. The van der Waals surface area contributed by atoms with Gasteiger partial charge in [-0.25, -0.2) is 18.2 Å². The van der Waals surface area contributed by atoms with Gasteiger partial charge in [-0.05, 0) is 56.2 Å². The molecule has 0 amide bonds. The zero-order valence-corrected chi connectivity index (χ0v) is 19.5. The van der Waals surface area contributed by atoms with Crippen molar-refractivity contribution in [3.8, 4) is 0 Å². The van der Waals surface area contributed by atoms with Crippen LogP contribution in [-0.2, 0) is 21.4 Å². The largest absolute Gasteiger partial charge is 0.456 e. The number of hydrogen-bond donors (Lipinski definition) is 0. The van der Waals surface area contributed by atoms with Crippen LogP contribution >= 0.6 is 0 Å². The number of carbonyl (C=O) groups is 1. The van der Waals surface area contributed by atoms with Crippen LogP contribution in [0.2, 0.25) is 0 Å². The van der Waals surface area contributed by atoms with Gasteiger partial charge in [0.2, 0.25) is 10.0 Å². The van der Waals surface area contributed by atoms with Crippen LogP contribution in [0.4, 0.5) is 0 Å². The highest BCUT2D eigenvalue weighted by atomic mass is 32.2. The van der Waals surface area contributed by atoms with Crippen molar-refractivity contribution in [2.75, 3.05) is 7.05 Å². The van der Waals surface area contributed by atoms with E-state index >= 15 is 0 Å². The highest BCUT2D eigenvalue weighted by molar-refractivity contribution is 7.89. The minimum atomic E-state index is -3.63. The van der Waals surface area contributed by atoms with Crippen LogP contribution in [0.5, 0.6) is 0 Å². The summed E-state index contributed by atoms with van der Waals surface area (Å²) < 4.78 is 34.1. The van der Waals surface area contributed by atoms with Gasteiger partial charge in [0.25, 0.3) is 5.56 Å². The smallest absolute Gasteiger partial charge is 0.338 e. The van der Waals surface area contributed by atoms with Crippen LogP contribution in [-0.4, -0.2) is 41.2 Å². The molecule has 1 aliphatic carbocycles. The molecule has 1 aliphatic rings. The Kier molecular flexibility index (Phi) is 6.62. The maximum Gasteiger partial charge on any atom is 0.338 e. The number of aromatic nitrogens is 2. The van der Waals surface area contributed by atoms with Crippen molar-refractivity contribution in [3.63, 3.8) is 0 Å². The summed E-state index contributed by atoms with van der Waals surface area (Å²) in [6.45, 7) is 1.65. The van der Waals surface area contributed by atoms with Crippen molar-refractivity contribution < 1.29 is 17.9 Å². The van der Waals surface area contributed by atoms with Gasteiger partial charge in [-0.3, -0.25) is 9.20 Å². The molecule has 0 bridgehead atoms. The highest BCUT2D eigenvalue weighted by Gasteiger charge is 2.29. The Morgan fingerprint density at radius 3 is 2.52 bits per heavy atom. The van der Waals surface area contributed by atoms with E-state index in [4.69, 9.17) is 4.74 Å². The second kappa shape index (κ2) is 9.44. The van der Waals surface area contributed by atoms with Crippen molar-refractivity contribution in [3.05, 3.63) is 75.8 Å². The fourth-order valence-corrected chi connectivity index (χ4v) is 5.65. The number of aryl methyl sites for hydroxylation is 1. The summed E-state index contributed by atoms with van der Waals surface area (Å²) in [5.74, 6) is -0.620. The van der Waals surface area contributed by atoms with Gasteiger partial charge in [0, 0.05) is 24.8 Å². The average molecular weight is 470 g/mol. The Hall–Kier alpha value is -3.04. The zero-order valence-electron chi connectivity index (χ0n) is 18.7. The SMILES string of the molecule is Cc1cccc2nc(COC(=O)c3ccc(S(=O)(=O)N(C)C4CCCCC4)cc3)cc(=O)n12. The molecule has 1 aromatic carbocycles. The molecule has 0 aliphatic heterocycles. The lowest BCUT2D eigenvalue weighted by molar-refractivity contribution is 0.0467. The van der Waals surface area contributed by atoms with E-state index in [2.05, 4.69) is 4.98 Å². The fraction of sp³-hybridized carbons (Fsp3) is 0.375. The average Bonchev–Trinajstić information content (AvgIpc) is 2.82. The van der Waals surface area contributed by atoms with E-state index in [1.54, 1.807) is 19.2 Å². The number of rotatable bonds is 6. The van der Waals surface area contributed by atoms with Gasteiger partial charge >= 0.3 is 5.97 Å². The van der Waals surface area contributed by atoms with Gasteiger partial charge in [-0.2, -0.15) is 4.31 Å². The normalized spacial score (nSPS) is 15.1. The third-order valence-electron chi connectivity index (χ3n) is 6.14. The molecule has 0 unspecified atom stereocenters. The standard InChI is InChI=1S/C24H27N3O5S/c1-17-7-6-10-22-25-19(15-23(28)27(17)22)16-32-24(29)18-11-13-21(14-12-18)33(30,31)26(2)20-8-4-3-5-9-20/h6-7,10-15,20H,3-5,8-9,16H2,1-2H3. The third-order valence-corrected chi connectivity index (χ3v) is 8.06. The molecule has 0 atom stereocenters. The molecule has 0 saturated heterocycles. The number of sulfonamides is 1. The molecular formula is C24H27N3O5S. The molecule has 174 valence electrons. The summed E-state index contributed by atoms with van der Waals surface area (Å²) in [7, 11) is -2.01. The third kappa shape index (κ3) is 4.84. The molecule has 33 heavy (non-hydrogen) atoms. The van der Waals surface area contributed by atoms with Crippen LogP contribution in [0.25, 0.3) is 5.65 Å². The van der Waals surface area contributed by atoms with E-state index in [1.165, 1.54) is 39.0 Å². The maximum absolute atomic E-state index is 13.0. The van der Waals surface area contributed by atoms with Crippen molar-refractivity contribution in [2.45, 2.75) is 56.6 Å². The Labute approximate surface area is 192 Å². The topological polar surface area (TPSA) is 98.0 Å². The molecule has 8 nitrogen and oxygen atoms in total. The molecule has 3 aromatic rings. The van der Waals surface area contributed by atoms with E-state index in [0.29, 0.717) is 11.3 Å². The number of ether oxygens (including phenoxy) is 1. The Morgan fingerprint density at radius 2 is 1.82 bits per heavy atom. The van der Waals surface area contributed by atoms with Gasteiger partial charge in [-0.15, -0.1) is 0 Å². The number of fused-ring (bicyclic) bond motifs is 1. The van der Waals surface area contributed by atoms with Crippen LogP contribution in [0.3, 0.4) is 0 Å².